The highest BCUT2D eigenvalue weighted by Crippen LogP contribution is 2.19. The lowest BCUT2D eigenvalue weighted by Crippen LogP contribution is -2.53. The fourth-order valence-corrected chi connectivity index (χ4v) is 2.14. The van der Waals surface area contributed by atoms with E-state index >= 15 is 0 Å². The number of hydrogen-bond acceptors (Lipinski definition) is 3. The zero-order valence-electron chi connectivity index (χ0n) is 10.5. The maximum atomic E-state index is 12.2. The minimum absolute atomic E-state index is 0.341. The Morgan fingerprint density at radius 2 is 1.65 bits per heavy atom. The molecule has 102 valence electrons. The highest BCUT2D eigenvalue weighted by Gasteiger charge is 2.33. The smallest absolute Gasteiger partial charge is 0.330 e. The van der Waals surface area contributed by atoms with E-state index in [2.05, 4.69) is 18.7 Å². The first-order chi connectivity index (χ1) is 7.83. The van der Waals surface area contributed by atoms with Crippen molar-refractivity contribution < 1.29 is 13.2 Å². The summed E-state index contributed by atoms with van der Waals surface area (Å²) in [5.41, 5.74) is 5.60. The molecule has 1 rings (SSSR count). The van der Waals surface area contributed by atoms with E-state index in [9.17, 15) is 13.2 Å². The van der Waals surface area contributed by atoms with E-state index in [-0.39, 0.29) is 0 Å². The Bertz CT molecular complexity index is 224. The molecular weight excluding hydrogens is 231 g/mol. The summed E-state index contributed by atoms with van der Waals surface area (Å²) in [4.78, 5) is 3.70. The minimum Gasteiger partial charge on any atom is -0.330 e. The Morgan fingerprint density at radius 3 is 2.06 bits per heavy atom. The fourth-order valence-electron chi connectivity index (χ4n) is 2.14. The van der Waals surface area contributed by atoms with Gasteiger partial charge in [-0.15, -0.1) is 0 Å². The first-order valence-electron chi connectivity index (χ1n) is 6.06. The van der Waals surface area contributed by atoms with Crippen molar-refractivity contribution in [2.75, 3.05) is 39.3 Å². The quantitative estimate of drug-likeness (QED) is 0.816. The van der Waals surface area contributed by atoms with Gasteiger partial charge in [-0.05, 0) is 19.4 Å². The van der Waals surface area contributed by atoms with Gasteiger partial charge in [-0.1, -0.05) is 6.92 Å². The molecule has 1 fully saturated rings. The van der Waals surface area contributed by atoms with E-state index in [0.717, 1.165) is 0 Å². The van der Waals surface area contributed by atoms with E-state index < -0.39 is 12.7 Å². The van der Waals surface area contributed by atoms with Gasteiger partial charge < -0.3 is 5.73 Å². The molecule has 0 amide bonds. The lowest BCUT2D eigenvalue weighted by Gasteiger charge is -2.40. The number of rotatable bonds is 4. The van der Waals surface area contributed by atoms with Crippen molar-refractivity contribution in [3.05, 3.63) is 0 Å². The average Bonchev–Trinajstić information content (AvgIpc) is 2.26. The van der Waals surface area contributed by atoms with Crippen LogP contribution in [0.25, 0.3) is 0 Å². The van der Waals surface area contributed by atoms with E-state index in [1.54, 1.807) is 0 Å². The SMILES string of the molecule is CC(CN)C(C)N1CCN(CC(F)(F)F)CC1. The molecule has 0 aromatic heterocycles. The van der Waals surface area contributed by atoms with Gasteiger partial charge in [-0.25, -0.2) is 0 Å². The van der Waals surface area contributed by atoms with Crippen LogP contribution in [-0.2, 0) is 0 Å². The van der Waals surface area contributed by atoms with Gasteiger partial charge in [0, 0.05) is 32.2 Å². The molecule has 1 heterocycles. The number of hydrogen-bond donors (Lipinski definition) is 1. The molecule has 2 unspecified atom stereocenters. The summed E-state index contributed by atoms with van der Waals surface area (Å²) >= 11 is 0. The molecule has 1 saturated heterocycles. The molecule has 0 aromatic rings. The first-order valence-corrected chi connectivity index (χ1v) is 6.06. The lowest BCUT2D eigenvalue weighted by atomic mass is 10.0. The van der Waals surface area contributed by atoms with Gasteiger partial charge in [-0.2, -0.15) is 13.2 Å². The summed E-state index contributed by atoms with van der Waals surface area (Å²) in [6.45, 7) is 6.36. The molecule has 1 aliphatic rings. The predicted octanol–water partition coefficient (Wildman–Crippen LogP) is 1.15. The maximum absolute atomic E-state index is 12.2. The topological polar surface area (TPSA) is 32.5 Å². The minimum atomic E-state index is -4.08. The highest BCUT2D eigenvalue weighted by molar-refractivity contribution is 4.80. The largest absolute Gasteiger partial charge is 0.401 e. The van der Waals surface area contributed by atoms with Crippen LogP contribution in [0.3, 0.4) is 0 Å². The molecule has 0 saturated carbocycles. The average molecular weight is 253 g/mol. The van der Waals surface area contributed by atoms with Gasteiger partial charge in [0.2, 0.25) is 0 Å². The Hall–Kier alpha value is -0.330. The van der Waals surface area contributed by atoms with Gasteiger partial charge >= 0.3 is 6.18 Å². The summed E-state index contributed by atoms with van der Waals surface area (Å²) in [6, 6.07) is 0.341. The fraction of sp³-hybridized carbons (Fsp3) is 1.00. The van der Waals surface area contributed by atoms with Gasteiger partial charge in [0.05, 0.1) is 6.54 Å². The van der Waals surface area contributed by atoms with Crippen LogP contribution < -0.4 is 5.73 Å². The molecule has 6 heteroatoms. The van der Waals surface area contributed by atoms with Crippen molar-refractivity contribution in [1.82, 2.24) is 9.80 Å². The van der Waals surface area contributed by atoms with Crippen LogP contribution in [0.4, 0.5) is 13.2 Å². The third-order valence-electron chi connectivity index (χ3n) is 3.58. The van der Waals surface area contributed by atoms with Crippen molar-refractivity contribution in [2.24, 2.45) is 11.7 Å². The molecule has 3 nitrogen and oxygen atoms in total. The zero-order valence-corrected chi connectivity index (χ0v) is 10.5. The number of nitrogens with zero attached hydrogens (tertiary/aromatic N) is 2. The molecule has 0 aliphatic carbocycles. The van der Waals surface area contributed by atoms with Crippen LogP contribution in [0.15, 0.2) is 0 Å². The summed E-state index contributed by atoms with van der Waals surface area (Å²) in [6.07, 6.45) is -4.08. The van der Waals surface area contributed by atoms with Crippen LogP contribution >= 0.6 is 0 Å². The molecule has 17 heavy (non-hydrogen) atoms. The molecule has 0 bridgehead atoms. The maximum Gasteiger partial charge on any atom is 0.401 e. The Morgan fingerprint density at radius 1 is 1.12 bits per heavy atom. The molecule has 1 aliphatic heterocycles. The van der Waals surface area contributed by atoms with Crippen LogP contribution in [0.5, 0.6) is 0 Å². The van der Waals surface area contributed by atoms with E-state index in [1.165, 1.54) is 4.90 Å². The summed E-state index contributed by atoms with van der Waals surface area (Å²) in [5.74, 6) is 0.379. The van der Waals surface area contributed by atoms with Gasteiger partial charge in [-0.3, -0.25) is 9.80 Å². The van der Waals surface area contributed by atoms with Crippen LogP contribution in [0, 0.1) is 5.92 Å². The summed E-state index contributed by atoms with van der Waals surface area (Å²) in [7, 11) is 0. The predicted molar refractivity (Wildman–Crippen MR) is 61.7 cm³/mol. The van der Waals surface area contributed by atoms with Gasteiger partial charge in [0.1, 0.15) is 0 Å². The monoisotopic (exact) mass is 253 g/mol. The Labute approximate surface area is 101 Å². The van der Waals surface area contributed by atoms with E-state index in [4.69, 9.17) is 5.73 Å². The summed E-state index contributed by atoms with van der Waals surface area (Å²) < 4.78 is 36.6. The van der Waals surface area contributed by atoms with Crippen molar-refractivity contribution in [2.45, 2.75) is 26.1 Å². The van der Waals surface area contributed by atoms with Crippen molar-refractivity contribution in [3.63, 3.8) is 0 Å². The Kier molecular flexibility index (Phi) is 5.22. The van der Waals surface area contributed by atoms with Crippen molar-refractivity contribution in [3.8, 4) is 0 Å². The molecule has 0 aromatic carbocycles. The van der Waals surface area contributed by atoms with Gasteiger partial charge in [0.25, 0.3) is 0 Å². The van der Waals surface area contributed by atoms with Crippen molar-refractivity contribution >= 4 is 0 Å². The number of halogens is 3. The van der Waals surface area contributed by atoms with Gasteiger partial charge in [0.15, 0.2) is 0 Å². The van der Waals surface area contributed by atoms with Crippen molar-refractivity contribution in [1.29, 1.82) is 0 Å². The van der Waals surface area contributed by atoms with Crippen LogP contribution in [0.1, 0.15) is 13.8 Å². The number of piperazine rings is 1. The van der Waals surface area contributed by atoms with E-state index in [1.807, 2.05) is 0 Å². The summed E-state index contributed by atoms with van der Waals surface area (Å²) in [5, 5.41) is 0. The second kappa shape index (κ2) is 6.02. The van der Waals surface area contributed by atoms with Crippen LogP contribution in [-0.4, -0.2) is 61.3 Å². The molecule has 0 radical (unpaired) electrons. The lowest BCUT2D eigenvalue weighted by molar-refractivity contribution is -0.150. The third-order valence-corrected chi connectivity index (χ3v) is 3.58. The number of alkyl halides is 3. The second-order valence-corrected chi connectivity index (χ2v) is 4.88. The zero-order chi connectivity index (χ0) is 13.1. The number of nitrogens with two attached hydrogens (primary N) is 1. The Balaban J connectivity index is 2.35. The molecular formula is C11H22F3N3. The normalized spacial score (nSPS) is 23.6. The van der Waals surface area contributed by atoms with Crippen LogP contribution in [0.2, 0.25) is 0 Å². The highest BCUT2D eigenvalue weighted by atomic mass is 19.4. The first kappa shape index (κ1) is 14.7. The standard InChI is InChI=1S/C11H22F3N3/c1-9(7-15)10(2)17-5-3-16(4-6-17)8-11(12,13)14/h9-10H,3-8,15H2,1-2H3. The third kappa shape index (κ3) is 4.81. The second-order valence-electron chi connectivity index (χ2n) is 4.88. The van der Waals surface area contributed by atoms with E-state index in [0.29, 0.717) is 44.7 Å². The molecule has 2 N–H and O–H groups in total. The molecule has 0 spiro atoms. The molecule has 2 atom stereocenters.